The molecule has 0 unspecified atom stereocenters. The van der Waals surface area contributed by atoms with Crippen LogP contribution in [0.5, 0.6) is 0 Å². The molecule has 5 nitrogen and oxygen atoms in total. The second-order valence-electron chi connectivity index (χ2n) is 3.60. The molecule has 0 bridgehead atoms. The Bertz CT molecular complexity index is 335. The third-order valence-electron chi connectivity index (χ3n) is 2.31. The molecule has 1 rings (SSSR count). The lowest BCUT2D eigenvalue weighted by molar-refractivity contribution is 0.283. The molecule has 0 aliphatic heterocycles. The molecule has 1 heterocycles. The van der Waals surface area contributed by atoms with Crippen molar-refractivity contribution in [3.63, 3.8) is 0 Å². The minimum absolute atomic E-state index is 0.258. The summed E-state index contributed by atoms with van der Waals surface area (Å²) < 4.78 is 0.736. The molecular formula is C10H17BrN4O. The van der Waals surface area contributed by atoms with Gasteiger partial charge in [0.2, 0.25) is 0 Å². The molecule has 16 heavy (non-hydrogen) atoms. The van der Waals surface area contributed by atoms with Crippen molar-refractivity contribution in [1.82, 2.24) is 9.97 Å². The minimum Gasteiger partial charge on any atom is -0.396 e. The van der Waals surface area contributed by atoms with Gasteiger partial charge in [-0.25, -0.2) is 9.97 Å². The van der Waals surface area contributed by atoms with Gasteiger partial charge in [-0.15, -0.1) is 0 Å². The number of aromatic nitrogens is 2. The molecule has 0 amide bonds. The van der Waals surface area contributed by atoms with Crippen LogP contribution in [0, 0.1) is 0 Å². The summed E-state index contributed by atoms with van der Waals surface area (Å²) in [6.07, 6.45) is 4.34. The highest BCUT2D eigenvalue weighted by atomic mass is 79.9. The molecule has 0 radical (unpaired) electrons. The average molecular weight is 289 g/mol. The normalized spacial score (nSPS) is 10.4. The summed E-state index contributed by atoms with van der Waals surface area (Å²) in [4.78, 5) is 10.1. The van der Waals surface area contributed by atoms with Crippen molar-refractivity contribution in [1.29, 1.82) is 0 Å². The predicted molar refractivity (Wildman–Crippen MR) is 68.4 cm³/mol. The van der Waals surface area contributed by atoms with Gasteiger partial charge in [0.05, 0.1) is 0 Å². The fourth-order valence-corrected chi connectivity index (χ4v) is 1.89. The van der Waals surface area contributed by atoms with E-state index in [-0.39, 0.29) is 6.61 Å². The maximum absolute atomic E-state index is 8.67. The monoisotopic (exact) mass is 288 g/mol. The van der Waals surface area contributed by atoms with Gasteiger partial charge in [0.25, 0.3) is 0 Å². The molecular weight excluding hydrogens is 272 g/mol. The third-order valence-corrected chi connectivity index (χ3v) is 3.07. The first kappa shape index (κ1) is 13.2. The summed E-state index contributed by atoms with van der Waals surface area (Å²) in [5.41, 5.74) is 5.68. The van der Waals surface area contributed by atoms with Gasteiger partial charge in [-0.2, -0.15) is 0 Å². The van der Waals surface area contributed by atoms with Crippen molar-refractivity contribution in [2.24, 2.45) is 0 Å². The van der Waals surface area contributed by atoms with Crippen molar-refractivity contribution in [2.45, 2.75) is 19.3 Å². The number of nitrogen functional groups attached to an aromatic ring is 1. The zero-order chi connectivity index (χ0) is 12.0. The number of hydrogen-bond acceptors (Lipinski definition) is 5. The Morgan fingerprint density at radius 1 is 1.38 bits per heavy atom. The van der Waals surface area contributed by atoms with E-state index in [1.807, 2.05) is 11.9 Å². The Morgan fingerprint density at radius 2 is 2.12 bits per heavy atom. The van der Waals surface area contributed by atoms with Crippen LogP contribution in [0.3, 0.4) is 0 Å². The predicted octanol–water partition coefficient (Wildman–Crippen LogP) is 1.42. The summed E-state index contributed by atoms with van der Waals surface area (Å²) in [5, 5.41) is 8.67. The van der Waals surface area contributed by atoms with E-state index >= 15 is 0 Å². The van der Waals surface area contributed by atoms with Crippen LogP contribution in [0.15, 0.2) is 10.8 Å². The zero-order valence-electron chi connectivity index (χ0n) is 9.36. The Hall–Kier alpha value is -0.880. The van der Waals surface area contributed by atoms with Crippen LogP contribution in [0.1, 0.15) is 19.3 Å². The summed E-state index contributed by atoms with van der Waals surface area (Å²) in [5.74, 6) is 1.25. The molecule has 0 saturated carbocycles. The summed E-state index contributed by atoms with van der Waals surface area (Å²) in [7, 11) is 1.96. The number of hydrogen-bond donors (Lipinski definition) is 2. The molecule has 90 valence electrons. The van der Waals surface area contributed by atoms with Crippen molar-refractivity contribution < 1.29 is 5.11 Å². The van der Waals surface area contributed by atoms with E-state index in [1.165, 1.54) is 6.33 Å². The van der Waals surface area contributed by atoms with Crippen LogP contribution in [-0.2, 0) is 0 Å². The number of aliphatic hydroxyl groups excluding tert-OH is 1. The average Bonchev–Trinajstić information content (AvgIpc) is 2.28. The highest BCUT2D eigenvalue weighted by molar-refractivity contribution is 9.10. The molecule has 1 aromatic heterocycles. The van der Waals surface area contributed by atoms with Crippen LogP contribution in [0.4, 0.5) is 11.6 Å². The molecule has 0 spiro atoms. The first-order chi connectivity index (χ1) is 7.66. The third kappa shape index (κ3) is 3.61. The van der Waals surface area contributed by atoms with E-state index < -0.39 is 0 Å². The van der Waals surface area contributed by atoms with E-state index in [2.05, 4.69) is 25.9 Å². The van der Waals surface area contributed by atoms with Gasteiger partial charge in [0, 0.05) is 20.2 Å². The smallest absolute Gasteiger partial charge is 0.148 e. The Kier molecular flexibility index (Phi) is 5.48. The Morgan fingerprint density at radius 3 is 2.81 bits per heavy atom. The largest absolute Gasteiger partial charge is 0.396 e. The zero-order valence-corrected chi connectivity index (χ0v) is 10.9. The fraction of sp³-hybridized carbons (Fsp3) is 0.600. The van der Waals surface area contributed by atoms with E-state index in [0.717, 1.165) is 36.1 Å². The van der Waals surface area contributed by atoms with Crippen molar-refractivity contribution >= 4 is 27.6 Å². The van der Waals surface area contributed by atoms with Crippen LogP contribution >= 0.6 is 15.9 Å². The number of anilines is 2. The summed E-state index contributed by atoms with van der Waals surface area (Å²) in [6.45, 7) is 1.14. The van der Waals surface area contributed by atoms with Gasteiger partial charge in [-0.05, 0) is 35.2 Å². The summed E-state index contributed by atoms with van der Waals surface area (Å²) >= 11 is 3.37. The number of halogens is 1. The Labute approximate surface area is 104 Å². The van der Waals surface area contributed by atoms with Gasteiger partial charge in [-0.1, -0.05) is 0 Å². The fourth-order valence-electron chi connectivity index (χ4n) is 1.38. The maximum Gasteiger partial charge on any atom is 0.148 e. The minimum atomic E-state index is 0.258. The van der Waals surface area contributed by atoms with Gasteiger partial charge < -0.3 is 15.7 Å². The topological polar surface area (TPSA) is 75.3 Å². The molecule has 6 heteroatoms. The molecule has 0 aliphatic carbocycles. The highest BCUT2D eigenvalue weighted by Gasteiger charge is 2.09. The second-order valence-corrected chi connectivity index (χ2v) is 4.40. The first-order valence-electron chi connectivity index (χ1n) is 5.24. The van der Waals surface area contributed by atoms with E-state index in [0.29, 0.717) is 5.82 Å². The molecule has 0 saturated heterocycles. The van der Waals surface area contributed by atoms with E-state index in [4.69, 9.17) is 10.8 Å². The van der Waals surface area contributed by atoms with Crippen molar-refractivity contribution in [2.75, 3.05) is 30.8 Å². The molecule has 3 N–H and O–H groups in total. The van der Waals surface area contributed by atoms with Gasteiger partial charge in [0.15, 0.2) is 0 Å². The second kappa shape index (κ2) is 6.65. The lowest BCUT2D eigenvalue weighted by atomic mass is 10.2. The number of nitrogens with zero attached hydrogens (tertiary/aromatic N) is 3. The number of aliphatic hydroxyl groups is 1. The van der Waals surface area contributed by atoms with Crippen LogP contribution < -0.4 is 10.6 Å². The SMILES string of the molecule is CN(CCCCCO)c1ncnc(N)c1Br. The number of nitrogens with two attached hydrogens (primary N) is 1. The first-order valence-corrected chi connectivity index (χ1v) is 6.04. The van der Waals surface area contributed by atoms with Crippen LogP contribution in [0.2, 0.25) is 0 Å². The van der Waals surface area contributed by atoms with Gasteiger partial charge >= 0.3 is 0 Å². The highest BCUT2D eigenvalue weighted by Crippen LogP contribution is 2.26. The maximum atomic E-state index is 8.67. The van der Waals surface area contributed by atoms with Crippen molar-refractivity contribution in [3.8, 4) is 0 Å². The van der Waals surface area contributed by atoms with Crippen molar-refractivity contribution in [3.05, 3.63) is 10.8 Å². The molecule has 0 aromatic carbocycles. The quantitative estimate of drug-likeness (QED) is 0.775. The number of unbranched alkanes of at least 4 members (excludes halogenated alkanes) is 2. The molecule has 1 aromatic rings. The summed E-state index contributed by atoms with van der Waals surface area (Å²) in [6, 6.07) is 0. The number of rotatable bonds is 6. The van der Waals surface area contributed by atoms with E-state index in [9.17, 15) is 0 Å². The Balaban J connectivity index is 2.52. The molecule has 0 atom stereocenters. The lowest BCUT2D eigenvalue weighted by Gasteiger charge is -2.19. The van der Waals surface area contributed by atoms with Gasteiger partial charge in [0.1, 0.15) is 22.4 Å². The van der Waals surface area contributed by atoms with E-state index in [1.54, 1.807) is 0 Å². The van der Waals surface area contributed by atoms with Gasteiger partial charge in [-0.3, -0.25) is 0 Å². The molecule has 0 fully saturated rings. The van der Waals surface area contributed by atoms with Crippen LogP contribution in [0.25, 0.3) is 0 Å². The standard InChI is InChI=1S/C10H17BrN4O/c1-15(5-3-2-4-6-16)10-8(11)9(12)13-7-14-10/h7,16H,2-6H2,1H3,(H2,12,13,14). The van der Waals surface area contributed by atoms with Crippen LogP contribution in [-0.4, -0.2) is 35.3 Å². The molecule has 0 aliphatic rings. The lowest BCUT2D eigenvalue weighted by Crippen LogP contribution is -2.20.